The van der Waals surface area contributed by atoms with Gasteiger partial charge in [0.25, 0.3) is 5.91 Å². The topological polar surface area (TPSA) is 70.4 Å². The van der Waals surface area contributed by atoms with Crippen LogP contribution in [0.5, 0.6) is 5.75 Å². The Bertz CT molecular complexity index is 1260. The molecule has 4 aromatic rings. The van der Waals surface area contributed by atoms with Crippen LogP contribution in [0.2, 0.25) is 0 Å². The van der Waals surface area contributed by atoms with Gasteiger partial charge in [0.1, 0.15) is 11.4 Å². The lowest BCUT2D eigenvalue weighted by atomic mass is 10.00. The van der Waals surface area contributed by atoms with E-state index in [4.69, 9.17) is 0 Å². The number of amides is 1. The standard InChI is InChI=1S/C23H26N4O2/c1-13(12-26(3)4)25-23(29)21-18-11-19-17-10-15(28)6-7-20(17)27(5)22(19)14(2)16(18)8-9-24-21/h6-11,13,28H,12H2,1-5H3,(H,25,29). The Labute approximate surface area is 169 Å². The molecule has 0 aliphatic heterocycles. The maximum absolute atomic E-state index is 13.0. The summed E-state index contributed by atoms with van der Waals surface area (Å²) in [5.41, 5.74) is 3.65. The van der Waals surface area contributed by atoms with Crippen molar-refractivity contribution in [1.29, 1.82) is 0 Å². The summed E-state index contributed by atoms with van der Waals surface area (Å²) < 4.78 is 2.14. The molecule has 1 amide bonds. The Morgan fingerprint density at radius 3 is 2.66 bits per heavy atom. The Morgan fingerprint density at radius 2 is 1.93 bits per heavy atom. The fraction of sp³-hybridized carbons (Fsp3) is 0.304. The van der Waals surface area contributed by atoms with E-state index in [-0.39, 0.29) is 17.7 Å². The number of likely N-dealkylation sites (N-methyl/N-ethyl adjacent to an activating group) is 1. The number of hydrogen-bond acceptors (Lipinski definition) is 4. The van der Waals surface area contributed by atoms with Gasteiger partial charge in [-0.25, -0.2) is 0 Å². The first-order valence-corrected chi connectivity index (χ1v) is 9.73. The van der Waals surface area contributed by atoms with Gasteiger partial charge >= 0.3 is 0 Å². The number of phenolic OH excluding ortho intramolecular Hbond substituents is 1. The quantitative estimate of drug-likeness (QED) is 0.559. The summed E-state index contributed by atoms with van der Waals surface area (Å²) in [4.78, 5) is 19.4. The average molecular weight is 390 g/mol. The van der Waals surface area contributed by atoms with Crippen molar-refractivity contribution in [3.05, 3.63) is 47.8 Å². The third-order valence-corrected chi connectivity index (χ3v) is 5.49. The maximum atomic E-state index is 13.0. The van der Waals surface area contributed by atoms with Crippen molar-refractivity contribution in [3.63, 3.8) is 0 Å². The molecule has 4 rings (SSSR count). The molecule has 0 aliphatic carbocycles. The lowest BCUT2D eigenvalue weighted by Gasteiger charge is -2.18. The van der Waals surface area contributed by atoms with Gasteiger partial charge in [-0.1, -0.05) is 0 Å². The second kappa shape index (κ2) is 7.04. The number of phenols is 1. The highest BCUT2D eigenvalue weighted by atomic mass is 16.3. The minimum atomic E-state index is -0.174. The van der Waals surface area contributed by atoms with E-state index in [1.165, 1.54) is 0 Å². The molecule has 0 bridgehead atoms. The van der Waals surface area contributed by atoms with Crippen molar-refractivity contribution >= 4 is 38.5 Å². The number of fused-ring (bicyclic) bond motifs is 4. The fourth-order valence-corrected chi connectivity index (χ4v) is 4.35. The van der Waals surface area contributed by atoms with Crippen LogP contribution in [0, 0.1) is 6.92 Å². The van der Waals surface area contributed by atoms with Crippen molar-refractivity contribution in [2.45, 2.75) is 19.9 Å². The summed E-state index contributed by atoms with van der Waals surface area (Å²) in [5.74, 6) is 0.0520. The van der Waals surface area contributed by atoms with Crippen molar-refractivity contribution in [1.82, 2.24) is 19.8 Å². The third-order valence-electron chi connectivity index (χ3n) is 5.49. The zero-order valence-electron chi connectivity index (χ0n) is 17.4. The molecule has 2 N–H and O–H groups in total. The predicted molar refractivity (Wildman–Crippen MR) is 118 cm³/mol. The molecule has 2 heterocycles. The van der Waals surface area contributed by atoms with Crippen molar-refractivity contribution in [2.24, 2.45) is 7.05 Å². The van der Waals surface area contributed by atoms with Gasteiger partial charge in [0, 0.05) is 47.5 Å². The van der Waals surface area contributed by atoms with Gasteiger partial charge in [-0.2, -0.15) is 0 Å². The van der Waals surface area contributed by atoms with E-state index in [0.717, 1.165) is 44.7 Å². The average Bonchev–Trinajstić information content (AvgIpc) is 2.92. The molecular weight excluding hydrogens is 364 g/mol. The fourth-order valence-electron chi connectivity index (χ4n) is 4.35. The smallest absolute Gasteiger partial charge is 0.270 e. The molecule has 0 aliphatic rings. The summed E-state index contributed by atoms with van der Waals surface area (Å²) in [7, 11) is 5.99. The molecule has 2 aromatic heterocycles. The molecule has 0 saturated carbocycles. The Hall–Kier alpha value is -3.12. The summed E-state index contributed by atoms with van der Waals surface area (Å²) in [6.07, 6.45) is 1.70. The van der Waals surface area contributed by atoms with Crippen LogP contribution in [0.25, 0.3) is 32.6 Å². The number of benzene rings is 2. The molecule has 6 nitrogen and oxygen atoms in total. The first-order chi connectivity index (χ1) is 13.8. The molecule has 0 saturated heterocycles. The number of aromatic hydroxyl groups is 1. The van der Waals surface area contributed by atoms with Gasteiger partial charge in [0.15, 0.2) is 0 Å². The molecule has 29 heavy (non-hydrogen) atoms. The van der Waals surface area contributed by atoms with Crippen molar-refractivity contribution in [3.8, 4) is 5.75 Å². The Morgan fingerprint density at radius 1 is 1.17 bits per heavy atom. The number of carbonyl (C=O) groups excluding carboxylic acids is 1. The van der Waals surface area contributed by atoms with Crippen LogP contribution in [0.4, 0.5) is 0 Å². The van der Waals surface area contributed by atoms with Crippen LogP contribution < -0.4 is 5.32 Å². The van der Waals surface area contributed by atoms with E-state index in [1.807, 2.05) is 51.2 Å². The van der Waals surface area contributed by atoms with Crippen LogP contribution in [-0.2, 0) is 7.05 Å². The molecule has 0 spiro atoms. The number of rotatable bonds is 4. The van der Waals surface area contributed by atoms with E-state index in [0.29, 0.717) is 5.69 Å². The van der Waals surface area contributed by atoms with E-state index in [9.17, 15) is 9.90 Å². The normalized spacial score (nSPS) is 12.9. The van der Waals surface area contributed by atoms with Gasteiger partial charge in [-0.15, -0.1) is 0 Å². The minimum Gasteiger partial charge on any atom is -0.508 e. The molecule has 150 valence electrons. The number of nitrogens with one attached hydrogen (secondary N) is 1. The van der Waals surface area contributed by atoms with Gasteiger partial charge < -0.3 is 19.9 Å². The molecule has 2 aromatic carbocycles. The molecular formula is C23H26N4O2. The summed E-state index contributed by atoms with van der Waals surface area (Å²) >= 11 is 0. The molecule has 0 fully saturated rings. The van der Waals surface area contributed by atoms with Gasteiger partial charge in [0.2, 0.25) is 0 Å². The second-order valence-electron chi connectivity index (χ2n) is 8.05. The van der Waals surface area contributed by atoms with Gasteiger partial charge in [-0.3, -0.25) is 9.78 Å². The Kier molecular flexibility index (Phi) is 4.67. The first-order valence-electron chi connectivity index (χ1n) is 9.73. The number of nitrogens with zero attached hydrogens (tertiary/aromatic N) is 3. The van der Waals surface area contributed by atoms with E-state index in [2.05, 4.69) is 21.8 Å². The third kappa shape index (κ3) is 3.19. The summed E-state index contributed by atoms with van der Waals surface area (Å²) in [5, 5.41) is 16.9. The van der Waals surface area contributed by atoms with E-state index < -0.39 is 0 Å². The van der Waals surface area contributed by atoms with E-state index >= 15 is 0 Å². The number of aromatic nitrogens is 2. The SMILES string of the molecule is Cc1c2ccnc(C(=O)NC(C)CN(C)C)c2cc2c3cc(O)ccc3n(C)c12. The largest absolute Gasteiger partial charge is 0.508 e. The minimum absolute atomic E-state index is 0.00823. The van der Waals surface area contributed by atoms with Crippen LogP contribution in [0.3, 0.4) is 0 Å². The Balaban J connectivity index is 1.94. The van der Waals surface area contributed by atoms with Crippen LogP contribution >= 0.6 is 0 Å². The number of carbonyl (C=O) groups is 1. The highest BCUT2D eigenvalue weighted by Crippen LogP contribution is 2.36. The van der Waals surface area contributed by atoms with Crippen molar-refractivity contribution < 1.29 is 9.90 Å². The zero-order valence-corrected chi connectivity index (χ0v) is 17.4. The van der Waals surface area contributed by atoms with Gasteiger partial charge in [0.05, 0.1) is 5.52 Å². The highest BCUT2D eigenvalue weighted by Gasteiger charge is 2.19. The highest BCUT2D eigenvalue weighted by molar-refractivity contribution is 6.17. The lowest BCUT2D eigenvalue weighted by Crippen LogP contribution is -2.39. The predicted octanol–water partition coefficient (Wildman–Crippen LogP) is 3.57. The van der Waals surface area contributed by atoms with Gasteiger partial charge in [-0.05, 0) is 69.2 Å². The number of aryl methyl sites for hydroxylation is 2. The molecule has 1 unspecified atom stereocenters. The molecule has 1 atom stereocenters. The zero-order chi connectivity index (χ0) is 20.9. The molecule has 6 heteroatoms. The lowest BCUT2D eigenvalue weighted by molar-refractivity contribution is 0.0931. The van der Waals surface area contributed by atoms with E-state index in [1.54, 1.807) is 18.3 Å². The van der Waals surface area contributed by atoms with Crippen molar-refractivity contribution in [2.75, 3.05) is 20.6 Å². The number of hydrogen-bond donors (Lipinski definition) is 2. The second-order valence-corrected chi connectivity index (χ2v) is 8.05. The maximum Gasteiger partial charge on any atom is 0.270 e. The van der Waals surface area contributed by atoms with Crippen LogP contribution in [-0.4, -0.2) is 52.1 Å². The summed E-state index contributed by atoms with van der Waals surface area (Å²) in [6, 6.07) is 9.39. The first kappa shape index (κ1) is 19.2. The molecule has 0 radical (unpaired) electrons. The van der Waals surface area contributed by atoms with Crippen LogP contribution in [0.15, 0.2) is 36.5 Å². The summed E-state index contributed by atoms with van der Waals surface area (Å²) in [6.45, 7) is 4.81. The monoisotopic (exact) mass is 390 g/mol. The van der Waals surface area contributed by atoms with Crippen LogP contribution in [0.1, 0.15) is 23.0 Å². The number of pyridine rings is 1.